The number of esters is 1. The number of hydrogen-bond acceptors (Lipinski definition) is 5. The van der Waals surface area contributed by atoms with Gasteiger partial charge in [-0.2, -0.15) is 0 Å². The van der Waals surface area contributed by atoms with Crippen LogP contribution in [0, 0.1) is 13.8 Å². The first-order valence-electron chi connectivity index (χ1n) is 10.0. The Balaban J connectivity index is 1.60. The van der Waals surface area contributed by atoms with Crippen LogP contribution in [0.1, 0.15) is 22.7 Å². The molecule has 2 aromatic rings. The molecule has 0 bridgehead atoms. The molecule has 0 radical (unpaired) electrons. The molecule has 1 fully saturated rings. The van der Waals surface area contributed by atoms with Crippen LogP contribution in [0.25, 0.3) is 0 Å². The van der Waals surface area contributed by atoms with Crippen molar-refractivity contribution in [2.24, 2.45) is 0 Å². The number of methoxy groups -OCH3 is 1. The number of ether oxygens (including phenoxy) is 1. The number of rotatable bonds is 6. The molecular weight excluding hydrogens is 402 g/mol. The molecule has 1 aliphatic rings. The summed E-state index contributed by atoms with van der Waals surface area (Å²) in [6.45, 7) is 6.94. The van der Waals surface area contributed by atoms with Crippen LogP contribution in [0.5, 0.6) is 0 Å². The van der Waals surface area contributed by atoms with Gasteiger partial charge in [-0.1, -0.05) is 41.9 Å². The fourth-order valence-electron chi connectivity index (χ4n) is 3.72. The molecule has 1 aliphatic heterocycles. The van der Waals surface area contributed by atoms with Crippen molar-refractivity contribution in [3.8, 4) is 0 Å². The maximum absolute atomic E-state index is 12.5. The van der Waals surface area contributed by atoms with Crippen LogP contribution in [0.3, 0.4) is 0 Å². The van der Waals surface area contributed by atoms with Crippen molar-refractivity contribution in [3.63, 3.8) is 0 Å². The van der Waals surface area contributed by atoms with Gasteiger partial charge in [0.05, 0.1) is 13.7 Å². The Morgan fingerprint density at radius 1 is 1.10 bits per heavy atom. The molecule has 0 spiro atoms. The second-order valence-corrected chi connectivity index (χ2v) is 8.03. The second-order valence-electron chi connectivity index (χ2n) is 7.63. The Morgan fingerprint density at radius 3 is 2.47 bits per heavy atom. The van der Waals surface area contributed by atoms with E-state index in [0.717, 1.165) is 22.4 Å². The predicted octanol–water partition coefficient (Wildman–Crippen LogP) is 3.43. The summed E-state index contributed by atoms with van der Waals surface area (Å²) in [5.74, 6) is -0.364. The lowest BCUT2D eigenvalue weighted by Crippen LogP contribution is -2.51. The van der Waals surface area contributed by atoms with Crippen LogP contribution in [0.4, 0.5) is 5.69 Å². The zero-order chi connectivity index (χ0) is 21.7. The first-order chi connectivity index (χ1) is 14.4. The van der Waals surface area contributed by atoms with Crippen molar-refractivity contribution in [1.29, 1.82) is 0 Å². The molecular formula is C23H28ClN3O3. The Labute approximate surface area is 182 Å². The van der Waals surface area contributed by atoms with Crippen LogP contribution in [0.15, 0.2) is 42.5 Å². The summed E-state index contributed by atoms with van der Waals surface area (Å²) in [6.07, 6.45) is 0. The van der Waals surface area contributed by atoms with Crippen molar-refractivity contribution in [1.82, 2.24) is 9.80 Å². The molecule has 1 N–H and O–H groups in total. The van der Waals surface area contributed by atoms with Crippen molar-refractivity contribution in [2.45, 2.75) is 19.9 Å². The molecule has 1 amide bonds. The van der Waals surface area contributed by atoms with Gasteiger partial charge in [0.15, 0.2) is 0 Å². The van der Waals surface area contributed by atoms with Gasteiger partial charge in [0, 0.05) is 36.9 Å². The molecule has 3 rings (SSSR count). The van der Waals surface area contributed by atoms with Crippen molar-refractivity contribution >= 4 is 29.2 Å². The zero-order valence-corrected chi connectivity index (χ0v) is 18.4. The summed E-state index contributed by atoms with van der Waals surface area (Å²) in [7, 11) is 1.39. The van der Waals surface area contributed by atoms with Gasteiger partial charge in [-0.05, 0) is 42.7 Å². The van der Waals surface area contributed by atoms with E-state index in [4.69, 9.17) is 16.3 Å². The first kappa shape index (κ1) is 22.3. The van der Waals surface area contributed by atoms with E-state index in [-0.39, 0.29) is 11.9 Å². The Hall–Kier alpha value is -2.41. The van der Waals surface area contributed by atoms with Crippen LogP contribution in [-0.4, -0.2) is 61.5 Å². The Morgan fingerprint density at radius 2 is 1.80 bits per heavy atom. The lowest BCUT2D eigenvalue weighted by Gasteiger charge is -2.38. The van der Waals surface area contributed by atoms with E-state index in [1.54, 1.807) is 6.07 Å². The van der Waals surface area contributed by atoms with Gasteiger partial charge in [0.25, 0.3) is 0 Å². The molecule has 6 nitrogen and oxygen atoms in total. The molecule has 2 aromatic carbocycles. The predicted molar refractivity (Wildman–Crippen MR) is 119 cm³/mol. The molecule has 0 aliphatic carbocycles. The Bertz CT molecular complexity index is 910. The molecule has 1 atom stereocenters. The summed E-state index contributed by atoms with van der Waals surface area (Å²) in [6, 6.07) is 12.8. The van der Waals surface area contributed by atoms with Gasteiger partial charge in [-0.3, -0.25) is 14.6 Å². The highest BCUT2D eigenvalue weighted by Gasteiger charge is 2.32. The maximum Gasteiger partial charge on any atom is 0.327 e. The minimum absolute atomic E-state index is 0.0345. The number of carbonyl (C=O) groups is 2. The summed E-state index contributed by atoms with van der Waals surface area (Å²) in [5.41, 5.74) is 3.74. The number of amides is 1. The van der Waals surface area contributed by atoms with Crippen LogP contribution in [0.2, 0.25) is 5.02 Å². The maximum atomic E-state index is 12.5. The number of halogens is 1. The number of aryl methyl sites for hydroxylation is 2. The molecule has 1 unspecified atom stereocenters. The van der Waals surface area contributed by atoms with E-state index in [9.17, 15) is 9.59 Å². The summed E-state index contributed by atoms with van der Waals surface area (Å²) in [5, 5.41) is 3.55. The average molecular weight is 430 g/mol. The van der Waals surface area contributed by atoms with Gasteiger partial charge in [0.1, 0.15) is 6.04 Å². The fourth-order valence-corrected chi connectivity index (χ4v) is 3.96. The van der Waals surface area contributed by atoms with E-state index in [1.165, 1.54) is 7.11 Å². The van der Waals surface area contributed by atoms with E-state index >= 15 is 0 Å². The molecule has 0 saturated carbocycles. The second kappa shape index (κ2) is 10.1. The minimum Gasteiger partial charge on any atom is -0.468 e. The van der Waals surface area contributed by atoms with E-state index in [2.05, 4.69) is 15.1 Å². The van der Waals surface area contributed by atoms with Crippen molar-refractivity contribution in [2.75, 3.05) is 45.2 Å². The van der Waals surface area contributed by atoms with E-state index < -0.39 is 6.04 Å². The highest BCUT2D eigenvalue weighted by molar-refractivity contribution is 6.31. The van der Waals surface area contributed by atoms with Gasteiger partial charge < -0.3 is 10.1 Å². The number of benzene rings is 2. The third-order valence-electron chi connectivity index (χ3n) is 5.43. The van der Waals surface area contributed by atoms with E-state index in [0.29, 0.717) is 37.7 Å². The molecule has 30 heavy (non-hydrogen) atoms. The SMILES string of the molecule is COC(=O)C(c1ccccc1Cl)N1CCN(CC(=O)Nc2cc(C)ccc2C)CC1. The minimum atomic E-state index is -0.547. The number of hydrogen-bond donors (Lipinski definition) is 1. The molecule has 160 valence electrons. The smallest absolute Gasteiger partial charge is 0.327 e. The third-order valence-corrected chi connectivity index (χ3v) is 5.77. The highest BCUT2D eigenvalue weighted by atomic mass is 35.5. The van der Waals surface area contributed by atoms with Gasteiger partial charge in [0.2, 0.25) is 5.91 Å². The largest absolute Gasteiger partial charge is 0.468 e. The number of nitrogens with zero attached hydrogens (tertiary/aromatic N) is 2. The topological polar surface area (TPSA) is 61.9 Å². The standard InChI is InChI=1S/C23H28ClN3O3/c1-16-8-9-17(2)20(14-16)25-21(28)15-26-10-12-27(13-11-26)22(23(29)30-3)18-6-4-5-7-19(18)24/h4-9,14,22H,10-13,15H2,1-3H3,(H,25,28). The first-order valence-corrected chi connectivity index (χ1v) is 10.4. The van der Waals surface area contributed by atoms with Gasteiger partial charge >= 0.3 is 5.97 Å². The monoisotopic (exact) mass is 429 g/mol. The van der Waals surface area contributed by atoms with Gasteiger partial charge in [-0.25, -0.2) is 4.79 Å². The van der Waals surface area contributed by atoms with E-state index in [1.807, 2.05) is 50.2 Å². The number of piperazine rings is 1. The number of nitrogens with one attached hydrogen (secondary N) is 1. The summed E-state index contributed by atoms with van der Waals surface area (Å²) in [4.78, 5) is 29.2. The lowest BCUT2D eigenvalue weighted by molar-refractivity contribution is -0.148. The quantitative estimate of drug-likeness (QED) is 0.713. The van der Waals surface area contributed by atoms with Crippen molar-refractivity contribution < 1.29 is 14.3 Å². The van der Waals surface area contributed by atoms with Gasteiger partial charge in [-0.15, -0.1) is 0 Å². The summed E-state index contributed by atoms with van der Waals surface area (Å²) >= 11 is 6.34. The van der Waals surface area contributed by atoms with Crippen LogP contribution >= 0.6 is 11.6 Å². The number of carbonyl (C=O) groups excluding carboxylic acids is 2. The lowest BCUT2D eigenvalue weighted by atomic mass is 10.0. The Kier molecular flexibility index (Phi) is 7.48. The summed E-state index contributed by atoms with van der Waals surface area (Å²) < 4.78 is 5.04. The molecule has 1 heterocycles. The van der Waals surface area contributed by atoms with Crippen LogP contribution < -0.4 is 5.32 Å². The van der Waals surface area contributed by atoms with Crippen LogP contribution in [-0.2, 0) is 14.3 Å². The average Bonchev–Trinajstić information content (AvgIpc) is 2.73. The molecule has 1 saturated heterocycles. The highest BCUT2D eigenvalue weighted by Crippen LogP contribution is 2.29. The molecule has 7 heteroatoms. The third kappa shape index (κ3) is 5.39. The fraction of sp³-hybridized carbons (Fsp3) is 0.391. The molecule has 0 aromatic heterocycles. The zero-order valence-electron chi connectivity index (χ0n) is 17.7. The number of anilines is 1. The van der Waals surface area contributed by atoms with Crippen molar-refractivity contribution in [3.05, 3.63) is 64.2 Å². The normalized spacial score (nSPS) is 16.1.